The van der Waals surface area contributed by atoms with E-state index in [1.807, 2.05) is 54.6 Å². The van der Waals surface area contributed by atoms with Gasteiger partial charge in [-0.2, -0.15) is 0 Å². The molecule has 0 saturated heterocycles. The van der Waals surface area contributed by atoms with Crippen molar-refractivity contribution in [1.82, 2.24) is 25.3 Å². The lowest BCUT2D eigenvalue weighted by atomic mass is 10.0. The van der Waals surface area contributed by atoms with E-state index in [4.69, 9.17) is 0 Å². The molecule has 0 bridgehead atoms. The second-order valence-electron chi connectivity index (χ2n) is 5.57. The minimum atomic E-state index is -0.129. The van der Waals surface area contributed by atoms with Gasteiger partial charge in [-0.25, -0.2) is 4.68 Å². The molecular formula is C19H15N5O. The molecule has 2 heterocycles. The fourth-order valence-corrected chi connectivity index (χ4v) is 2.69. The van der Waals surface area contributed by atoms with E-state index < -0.39 is 0 Å². The molecule has 1 amide bonds. The quantitative estimate of drug-likeness (QED) is 0.625. The van der Waals surface area contributed by atoms with Crippen LogP contribution in [-0.2, 0) is 6.54 Å². The molecule has 25 heavy (non-hydrogen) atoms. The molecule has 6 heteroatoms. The summed E-state index contributed by atoms with van der Waals surface area (Å²) in [5, 5.41) is 13.1. The lowest BCUT2D eigenvalue weighted by Crippen LogP contribution is -2.23. The van der Waals surface area contributed by atoms with E-state index in [0.717, 1.165) is 16.5 Å². The molecule has 0 aliphatic rings. The molecule has 2 aromatic carbocycles. The van der Waals surface area contributed by atoms with E-state index in [1.165, 1.54) is 0 Å². The summed E-state index contributed by atoms with van der Waals surface area (Å²) < 4.78 is 1.65. The molecule has 0 spiro atoms. The van der Waals surface area contributed by atoms with Gasteiger partial charge >= 0.3 is 0 Å². The summed E-state index contributed by atoms with van der Waals surface area (Å²) in [6.45, 7) is 0.313. The standard InChI is InChI=1S/C19H15N5O/c25-19(18-7-3-5-14-4-1-2-6-17(14)18)21-12-15-13-24(23-22-15)16-8-10-20-11-9-16/h1-11,13H,12H2,(H,21,25). The van der Waals surface area contributed by atoms with Gasteiger partial charge in [-0.05, 0) is 29.0 Å². The van der Waals surface area contributed by atoms with Crippen molar-refractivity contribution >= 4 is 16.7 Å². The van der Waals surface area contributed by atoms with Gasteiger partial charge in [-0.3, -0.25) is 9.78 Å². The Bertz CT molecular complexity index is 1020. The number of carbonyl (C=O) groups is 1. The van der Waals surface area contributed by atoms with Gasteiger partial charge < -0.3 is 5.32 Å². The smallest absolute Gasteiger partial charge is 0.252 e. The van der Waals surface area contributed by atoms with E-state index in [9.17, 15) is 4.79 Å². The molecule has 6 nitrogen and oxygen atoms in total. The van der Waals surface area contributed by atoms with Crippen LogP contribution in [0.1, 0.15) is 16.1 Å². The van der Waals surface area contributed by atoms with Crippen molar-refractivity contribution in [2.75, 3.05) is 0 Å². The first-order valence-electron chi connectivity index (χ1n) is 7.89. The number of carbonyl (C=O) groups excluding carboxylic acids is 1. The largest absolute Gasteiger partial charge is 0.346 e. The van der Waals surface area contributed by atoms with Gasteiger partial charge in [0, 0.05) is 18.0 Å². The summed E-state index contributed by atoms with van der Waals surface area (Å²) in [5.41, 5.74) is 2.21. The van der Waals surface area contributed by atoms with E-state index in [1.54, 1.807) is 23.3 Å². The van der Waals surface area contributed by atoms with Crippen LogP contribution >= 0.6 is 0 Å². The SMILES string of the molecule is O=C(NCc1cn(-c2ccncc2)nn1)c1cccc2ccccc12. The molecule has 0 aliphatic carbocycles. The van der Waals surface area contributed by atoms with E-state index in [-0.39, 0.29) is 5.91 Å². The highest BCUT2D eigenvalue weighted by atomic mass is 16.1. The van der Waals surface area contributed by atoms with Gasteiger partial charge in [0.25, 0.3) is 5.91 Å². The summed E-state index contributed by atoms with van der Waals surface area (Å²) in [4.78, 5) is 16.5. The van der Waals surface area contributed by atoms with Crippen molar-refractivity contribution in [3.63, 3.8) is 0 Å². The maximum atomic E-state index is 12.5. The monoisotopic (exact) mass is 329 g/mol. The summed E-state index contributed by atoms with van der Waals surface area (Å²) in [6.07, 6.45) is 5.18. The normalized spacial score (nSPS) is 10.7. The van der Waals surface area contributed by atoms with Crippen molar-refractivity contribution in [2.24, 2.45) is 0 Å². The molecule has 0 aliphatic heterocycles. The minimum Gasteiger partial charge on any atom is -0.346 e. The first-order chi connectivity index (χ1) is 12.3. The molecule has 2 aromatic heterocycles. The molecule has 1 N–H and O–H groups in total. The van der Waals surface area contributed by atoms with Crippen LogP contribution in [0.15, 0.2) is 73.2 Å². The Morgan fingerprint density at radius 1 is 1.00 bits per heavy atom. The Labute approximate surface area is 144 Å². The molecule has 0 fully saturated rings. The van der Waals surface area contributed by atoms with E-state index in [0.29, 0.717) is 17.8 Å². The number of aromatic nitrogens is 4. The fourth-order valence-electron chi connectivity index (χ4n) is 2.69. The number of pyridine rings is 1. The van der Waals surface area contributed by atoms with E-state index in [2.05, 4.69) is 20.6 Å². The molecule has 0 atom stereocenters. The first-order valence-corrected chi connectivity index (χ1v) is 7.89. The van der Waals surface area contributed by atoms with Crippen molar-refractivity contribution in [3.8, 4) is 5.69 Å². The molecule has 4 aromatic rings. The lowest BCUT2D eigenvalue weighted by molar-refractivity contribution is 0.0952. The Hall–Kier alpha value is -3.54. The first kappa shape index (κ1) is 15.0. The highest BCUT2D eigenvalue weighted by Crippen LogP contribution is 2.18. The van der Waals surface area contributed by atoms with Crippen LogP contribution in [0.5, 0.6) is 0 Å². The third-order valence-electron chi connectivity index (χ3n) is 3.93. The average Bonchev–Trinajstić information content (AvgIpc) is 3.15. The third-order valence-corrected chi connectivity index (χ3v) is 3.93. The zero-order valence-corrected chi connectivity index (χ0v) is 13.3. The summed E-state index contributed by atoms with van der Waals surface area (Å²) in [5.74, 6) is -0.129. The van der Waals surface area contributed by atoms with Crippen LogP contribution < -0.4 is 5.32 Å². The van der Waals surface area contributed by atoms with Gasteiger partial charge in [0.15, 0.2) is 0 Å². The van der Waals surface area contributed by atoms with Gasteiger partial charge in [0.2, 0.25) is 0 Å². The molecule has 0 unspecified atom stereocenters. The second kappa shape index (κ2) is 6.52. The van der Waals surface area contributed by atoms with Gasteiger partial charge in [-0.1, -0.05) is 41.6 Å². The van der Waals surface area contributed by atoms with Crippen molar-refractivity contribution in [2.45, 2.75) is 6.54 Å². The number of fused-ring (bicyclic) bond motifs is 1. The minimum absolute atomic E-state index is 0.129. The van der Waals surface area contributed by atoms with Crippen LogP contribution in [0.3, 0.4) is 0 Å². The average molecular weight is 329 g/mol. The number of hydrogen-bond acceptors (Lipinski definition) is 4. The Balaban J connectivity index is 1.50. The number of rotatable bonds is 4. The predicted molar refractivity (Wildman–Crippen MR) is 94.3 cm³/mol. The van der Waals surface area contributed by atoms with Gasteiger partial charge in [0.1, 0.15) is 5.69 Å². The lowest BCUT2D eigenvalue weighted by Gasteiger charge is -2.06. The Kier molecular flexibility index (Phi) is 3.92. The van der Waals surface area contributed by atoms with Crippen LogP contribution in [0, 0.1) is 0 Å². The highest BCUT2D eigenvalue weighted by Gasteiger charge is 2.10. The van der Waals surface area contributed by atoms with Crippen molar-refractivity contribution in [3.05, 3.63) is 84.4 Å². The third kappa shape index (κ3) is 3.10. The van der Waals surface area contributed by atoms with Crippen molar-refractivity contribution in [1.29, 1.82) is 0 Å². The molecule has 4 rings (SSSR count). The Morgan fingerprint density at radius 3 is 2.68 bits per heavy atom. The molecule has 0 radical (unpaired) electrons. The number of hydrogen-bond donors (Lipinski definition) is 1. The zero-order chi connectivity index (χ0) is 17.1. The zero-order valence-electron chi connectivity index (χ0n) is 13.3. The van der Waals surface area contributed by atoms with Crippen LogP contribution in [0.4, 0.5) is 0 Å². The molecule has 0 saturated carbocycles. The molecule has 122 valence electrons. The van der Waals surface area contributed by atoms with Crippen molar-refractivity contribution < 1.29 is 4.79 Å². The number of amides is 1. The van der Waals surface area contributed by atoms with Crippen LogP contribution in [0.25, 0.3) is 16.5 Å². The second-order valence-corrected chi connectivity index (χ2v) is 5.57. The summed E-state index contributed by atoms with van der Waals surface area (Å²) >= 11 is 0. The summed E-state index contributed by atoms with van der Waals surface area (Å²) in [7, 11) is 0. The number of benzene rings is 2. The van der Waals surface area contributed by atoms with Crippen LogP contribution in [0.2, 0.25) is 0 Å². The van der Waals surface area contributed by atoms with Gasteiger partial charge in [0.05, 0.1) is 18.4 Å². The number of nitrogens with zero attached hydrogens (tertiary/aromatic N) is 4. The topological polar surface area (TPSA) is 72.7 Å². The Morgan fingerprint density at radius 2 is 1.80 bits per heavy atom. The fraction of sp³-hybridized carbons (Fsp3) is 0.0526. The number of nitrogens with one attached hydrogen (secondary N) is 1. The molecular weight excluding hydrogens is 314 g/mol. The van der Waals surface area contributed by atoms with E-state index >= 15 is 0 Å². The highest BCUT2D eigenvalue weighted by molar-refractivity contribution is 6.06. The predicted octanol–water partition coefficient (Wildman–Crippen LogP) is 2.75. The van der Waals surface area contributed by atoms with Gasteiger partial charge in [-0.15, -0.1) is 5.10 Å². The summed E-state index contributed by atoms with van der Waals surface area (Å²) in [6, 6.07) is 17.2. The van der Waals surface area contributed by atoms with Crippen LogP contribution in [-0.4, -0.2) is 25.9 Å². The maximum absolute atomic E-state index is 12.5. The maximum Gasteiger partial charge on any atom is 0.252 e.